The molecule has 0 aromatic heterocycles. The summed E-state index contributed by atoms with van der Waals surface area (Å²) in [5.74, 6) is 0.535. The Morgan fingerprint density at radius 1 is 1.25 bits per heavy atom. The van der Waals surface area contributed by atoms with Crippen molar-refractivity contribution in [2.24, 2.45) is 0 Å². The van der Waals surface area contributed by atoms with Crippen molar-refractivity contribution in [1.29, 1.82) is 0 Å². The molecule has 1 aromatic rings. The molecule has 0 atom stereocenters. The molecule has 0 radical (unpaired) electrons. The first-order valence-electron chi connectivity index (χ1n) is 5.75. The van der Waals surface area contributed by atoms with Crippen LogP contribution in [-0.2, 0) is 10.2 Å². The van der Waals surface area contributed by atoms with Gasteiger partial charge in [0, 0.05) is 12.0 Å². The molecule has 0 unspecified atom stereocenters. The van der Waals surface area contributed by atoms with Crippen molar-refractivity contribution in [2.45, 2.75) is 46.0 Å². The molecule has 0 heterocycles. The molecule has 0 spiro atoms. The number of para-hydroxylation sites is 1. The topological polar surface area (TPSA) is 26.3 Å². The highest BCUT2D eigenvalue weighted by atomic mass is 16.5. The molecule has 0 bridgehead atoms. The van der Waals surface area contributed by atoms with Crippen molar-refractivity contribution in [3.63, 3.8) is 0 Å². The first-order valence-corrected chi connectivity index (χ1v) is 5.75. The summed E-state index contributed by atoms with van der Waals surface area (Å²) in [7, 11) is 0. The summed E-state index contributed by atoms with van der Waals surface area (Å²) < 4.78 is 5.37. The van der Waals surface area contributed by atoms with Crippen LogP contribution in [0.15, 0.2) is 24.3 Å². The highest BCUT2D eigenvalue weighted by molar-refractivity contribution is 5.72. The van der Waals surface area contributed by atoms with Crippen LogP contribution in [0.1, 0.15) is 46.1 Å². The lowest BCUT2D eigenvalue weighted by molar-refractivity contribution is -0.134. The van der Waals surface area contributed by atoms with Crippen molar-refractivity contribution < 1.29 is 9.53 Å². The van der Waals surface area contributed by atoms with E-state index in [1.165, 1.54) is 0 Å². The van der Waals surface area contributed by atoms with Gasteiger partial charge in [0.2, 0.25) is 0 Å². The van der Waals surface area contributed by atoms with Crippen molar-refractivity contribution >= 4 is 5.97 Å². The van der Waals surface area contributed by atoms with Crippen LogP contribution < -0.4 is 4.74 Å². The summed E-state index contributed by atoms with van der Waals surface area (Å²) >= 11 is 0. The largest absolute Gasteiger partial charge is 0.426 e. The molecule has 1 aromatic carbocycles. The number of rotatable bonds is 3. The van der Waals surface area contributed by atoms with Gasteiger partial charge in [-0.05, 0) is 17.9 Å². The van der Waals surface area contributed by atoms with Gasteiger partial charge in [0.05, 0.1) is 0 Å². The summed E-state index contributed by atoms with van der Waals surface area (Å²) in [5, 5.41) is 0. The normalized spacial score (nSPS) is 11.2. The standard InChI is InChI=1S/C14H20O2/c1-5-8-13(15)16-12-10-7-6-9-11(12)14(2,3)4/h6-7,9-10H,5,8H2,1-4H3. The van der Waals surface area contributed by atoms with Crippen molar-refractivity contribution in [3.05, 3.63) is 29.8 Å². The molecule has 0 fully saturated rings. The van der Waals surface area contributed by atoms with E-state index >= 15 is 0 Å². The van der Waals surface area contributed by atoms with Crippen molar-refractivity contribution in [1.82, 2.24) is 0 Å². The summed E-state index contributed by atoms with van der Waals surface area (Å²) in [6.45, 7) is 8.30. The van der Waals surface area contributed by atoms with Gasteiger partial charge in [-0.15, -0.1) is 0 Å². The van der Waals surface area contributed by atoms with Crippen LogP contribution in [0.5, 0.6) is 5.75 Å². The van der Waals surface area contributed by atoms with Crippen molar-refractivity contribution in [2.75, 3.05) is 0 Å². The maximum atomic E-state index is 11.5. The predicted octanol–water partition coefficient (Wildman–Crippen LogP) is 3.69. The van der Waals surface area contributed by atoms with E-state index in [9.17, 15) is 4.79 Å². The number of hydrogen-bond donors (Lipinski definition) is 0. The van der Waals surface area contributed by atoms with E-state index in [1.54, 1.807) is 0 Å². The van der Waals surface area contributed by atoms with Gasteiger partial charge in [-0.25, -0.2) is 0 Å². The predicted molar refractivity (Wildman–Crippen MR) is 65.7 cm³/mol. The fourth-order valence-electron chi connectivity index (χ4n) is 1.55. The second kappa shape index (κ2) is 5.15. The molecule has 16 heavy (non-hydrogen) atoms. The quantitative estimate of drug-likeness (QED) is 0.573. The van der Waals surface area contributed by atoms with Gasteiger partial charge in [-0.2, -0.15) is 0 Å². The van der Waals surface area contributed by atoms with Gasteiger partial charge in [-0.1, -0.05) is 45.9 Å². The second-order valence-corrected chi connectivity index (χ2v) is 4.97. The SMILES string of the molecule is CCCC(=O)Oc1ccccc1C(C)(C)C. The number of carbonyl (C=O) groups is 1. The minimum absolute atomic E-state index is 0.0108. The number of carbonyl (C=O) groups excluding carboxylic acids is 1. The van der Waals surface area contributed by atoms with E-state index in [0.717, 1.165) is 12.0 Å². The van der Waals surface area contributed by atoms with Crippen LogP contribution in [0.2, 0.25) is 0 Å². The second-order valence-electron chi connectivity index (χ2n) is 4.97. The molecule has 2 nitrogen and oxygen atoms in total. The molecule has 0 aliphatic carbocycles. The number of hydrogen-bond acceptors (Lipinski definition) is 2. The minimum atomic E-state index is -0.154. The molecular formula is C14H20O2. The zero-order chi connectivity index (χ0) is 12.2. The highest BCUT2D eigenvalue weighted by Gasteiger charge is 2.19. The van der Waals surface area contributed by atoms with Gasteiger partial charge in [0.15, 0.2) is 0 Å². The van der Waals surface area contributed by atoms with E-state index in [-0.39, 0.29) is 11.4 Å². The van der Waals surface area contributed by atoms with Crippen molar-refractivity contribution in [3.8, 4) is 5.75 Å². The van der Waals surface area contributed by atoms with Crippen LogP contribution in [0.4, 0.5) is 0 Å². The molecule has 2 heteroatoms. The summed E-state index contributed by atoms with van der Waals surface area (Å²) in [4.78, 5) is 11.5. The highest BCUT2D eigenvalue weighted by Crippen LogP contribution is 2.31. The molecule has 0 amide bonds. The molecule has 88 valence electrons. The Labute approximate surface area is 97.6 Å². The lowest BCUT2D eigenvalue weighted by Crippen LogP contribution is -2.15. The van der Waals surface area contributed by atoms with E-state index < -0.39 is 0 Å². The van der Waals surface area contributed by atoms with Gasteiger partial charge in [0.1, 0.15) is 5.75 Å². The Morgan fingerprint density at radius 3 is 2.44 bits per heavy atom. The van der Waals surface area contributed by atoms with Crippen LogP contribution in [-0.4, -0.2) is 5.97 Å². The van der Waals surface area contributed by atoms with E-state index in [4.69, 9.17) is 4.74 Å². The van der Waals surface area contributed by atoms with Gasteiger partial charge in [-0.3, -0.25) is 4.79 Å². The number of benzene rings is 1. The Bertz CT molecular complexity index is 361. The van der Waals surface area contributed by atoms with Crippen LogP contribution in [0.3, 0.4) is 0 Å². The number of ether oxygens (including phenoxy) is 1. The molecule has 0 aliphatic heterocycles. The third-order valence-electron chi connectivity index (χ3n) is 2.37. The van der Waals surface area contributed by atoms with E-state index in [0.29, 0.717) is 12.2 Å². The summed E-state index contributed by atoms with van der Waals surface area (Å²) in [5.41, 5.74) is 1.06. The average molecular weight is 220 g/mol. The van der Waals surface area contributed by atoms with Gasteiger partial charge in [0.25, 0.3) is 0 Å². The fraction of sp³-hybridized carbons (Fsp3) is 0.500. The number of esters is 1. The molecule has 0 aliphatic rings. The Kier molecular flexibility index (Phi) is 4.11. The third-order valence-corrected chi connectivity index (χ3v) is 2.37. The maximum Gasteiger partial charge on any atom is 0.311 e. The monoisotopic (exact) mass is 220 g/mol. The average Bonchev–Trinajstić information content (AvgIpc) is 2.17. The Morgan fingerprint density at radius 2 is 1.88 bits per heavy atom. The Balaban J connectivity index is 2.92. The maximum absolute atomic E-state index is 11.5. The van der Waals surface area contributed by atoms with Gasteiger partial charge < -0.3 is 4.74 Å². The molecule has 0 saturated carbocycles. The zero-order valence-electron chi connectivity index (χ0n) is 10.5. The van der Waals surface area contributed by atoms with Gasteiger partial charge >= 0.3 is 5.97 Å². The zero-order valence-corrected chi connectivity index (χ0v) is 10.5. The van der Waals surface area contributed by atoms with Crippen LogP contribution in [0.25, 0.3) is 0 Å². The van der Waals surface area contributed by atoms with E-state index in [2.05, 4.69) is 20.8 Å². The smallest absolute Gasteiger partial charge is 0.311 e. The lowest BCUT2D eigenvalue weighted by atomic mass is 9.86. The Hall–Kier alpha value is -1.31. The first-order chi connectivity index (χ1) is 7.45. The molecule has 1 rings (SSSR count). The van der Waals surface area contributed by atoms with Crippen LogP contribution >= 0.6 is 0 Å². The first kappa shape index (κ1) is 12.8. The molecule has 0 N–H and O–H groups in total. The molecule has 0 saturated heterocycles. The third kappa shape index (κ3) is 3.37. The van der Waals surface area contributed by atoms with E-state index in [1.807, 2.05) is 31.2 Å². The summed E-state index contributed by atoms with van der Waals surface area (Å²) in [6, 6.07) is 7.73. The summed E-state index contributed by atoms with van der Waals surface area (Å²) in [6.07, 6.45) is 1.29. The van der Waals surface area contributed by atoms with Crippen LogP contribution in [0, 0.1) is 0 Å². The fourth-order valence-corrected chi connectivity index (χ4v) is 1.55. The minimum Gasteiger partial charge on any atom is -0.426 e. The molecular weight excluding hydrogens is 200 g/mol. The lowest BCUT2D eigenvalue weighted by Gasteiger charge is -2.21.